The van der Waals surface area contributed by atoms with E-state index in [2.05, 4.69) is 21.8 Å². The van der Waals surface area contributed by atoms with E-state index >= 15 is 0 Å². The first-order valence-corrected chi connectivity index (χ1v) is 9.57. The van der Waals surface area contributed by atoms with Crippen LogP contribution >= 0.6 is 23.4 Å². The molecule has 23 heavy (non-hydrogen) atoms. The lowest BCUT2D eigenvalue weighted by atomic mass is 10.2. The smallest absolute Gasteiger partial charge is 0.233 e. The van der Waals surface area contributed by atoms with Crippen LogP contribution in [0.4, 0.5) is 0 Å². The van der Waals surface area contributed by atoms with Crippen molar-refractivity contribution in [2.24, 2.45) is 5.92 Å². The van der Waals surface area contributed by atoms with Crippen molar-refractivity contribution >= 4 is 40.3 Å². The molecule has 2 fully saturated rings. The number of nitrogens with one attached hydrogen (secondary N) is 1. The Kier molecular flexibility index (Phi) is 4.01. The minimum atomic E-state index is 0.246. The van der Waals surface area contributed by atoms with Crippen molar-refractivity contribution in [1.82, 2.24) is 14.9 Å². The Labute approximate surface area is 145 Å². The molecule has 0 spiro atoms. The number of amides is 1. The molecule has 4 rings (SSSR count). The van der Waals surface area contributed by atoms with Crippen LogP contribution in [-0.4, -0.2) is 38.6 Å². The Hall–Kier alpha value is -1.20. The number of fused-ring (bicyclic) bond motifs is 1. The Bertz CT molecular complexity index is 739. The van der Waals surface area contributed by atoms with Crippen molar-refractivity contribution in [3.05, 3.63) is 23.2 Å². The molecular formula is C17H20ClN3OS. The third kappa shape index (κ3) is 3.36. The molecule has 1 heterocycles. The number of hydrogen-bond donors (Lipinski definition) is 1. The highest BCUT2D eigenvalue weighted by molar-refractivity contribution is 7.99. The fourth-order valence-electron chi connectivity index (χ4n) is 3.15. The first-order valence-electron chi connectivity index (χ1n) is 8.21. The van der Waals surface area contributed by atoms with Crippen LogP contribution in [0.1, 0.15) is 32.6 Å². The summed E-state index contributed by atoms with van der Waals surface area (Å²) in [4.78, 5) is 22.6. The predicted octanol–water partition coefficient (Wildman–Crippen LogP) is 4.10. The molecule has 0 bridgehead atoms. The molecule has 1 amide bonds. The maximum atomic E-state index is 12.7. The zero-order valence-corrected chi connectivity index (χ0v) is 14.7. The third-order valence-corrected chi connectivity index (χ3v) is 5.82. The first kappa shape index (κ1) is 15.3. The molecule has 2 aliphatic rings. The number of aromatic nitrogens is 2. The van der Waals surface area contributed by atoms with E-state index < -0.39 is 0 Å². The van der Waals surface area contributed by atoms with Crippen LogP contribution in [0.15, 0.2) is 23.4 Å². The van der Waals surface area contributed by atoms with E-state index in [0.717, 1.165) is 34.9 Å². The van der Waals surface area contributed by atoms with Crippen LogP contribution < -0.4 is 0 Å². The van der Waals surface area contributed by atoms with Gasteiger partial charge < -0.3 is 9.88 Å². The maximum absolute atomic E-state index is 12.7. The number of hydrogen-bond acceptors (Lipinski definition) is 3. The summed E-state index contributed by atoms with van der Waals surface area (Å²) in [7, 11) is 0. The summed E-state index contributed by atoms with van der Waals surface area (Å²) in [6.45, 7) is 2.21. The zero-order chi connectivity index (χ0) is 16.0. The number of H-pyrrole nitrogens is 1. The van der Waals surface area contributed by atoms with Crippen molar-refractivity contribution in [3.63, 3.8) is 0 Å². The second-order valence-corrected chi connectivity index (χ2v) is 8.00. The van der Waals surface area contributed by atoms with Gasteiger partial charge in [0.25, 0.3) is 0 Å². The average molecular weight is 350 g/mol. The van der Waals surface area contributed by atoms with Crippen LogP contribution in [-0.2, 0) is 4.79 Å². The van der Waals surface area contributed by atoms with E-state index in [1.165, 1.54) is 24.6 Å². The quantitative estimate of drug-likeness (QED) is 0.799. The summed E-state index contributed by atoms with van der Waals surface area (Å²) in [6.07, 6.45) is 4.87. The Morgan fingerprint density at radius 2 is 2.22 bits per heavy atom. The van der Waals surface area contributed by atoms with Gasteiger partial charge in [0.05, 0.1) is 16.8 Å². The molecule has 0 aliphatic heterocycles. The number of carbonyl (C=O) groups excluding carboxylic acids is 1. The molecule has 122 valence electrons. The molecule has 2 saturated carbocycles. The van der Waals surface area contributed by atoms with Gasteiger partial charge in [-0.05, 0) is 56.7 Å². The lowest BCUT2D eigenvalue weighted by molar-refractivity contribution is -0.131. The van der Waals surface area contributed by atoms with E-state index in [1.54, 1.807) is 0 Å². The van der Waals surface area contributed by atoms with Crippen molar-refractivity contribution in [3.8, 4) is 0 Å². The highest BCUT2D eigenvalue weighted by Gasteiger charge is 2.41. The largest absolute Gasteiger partial charge is 0.336 e. The molecule has 6 heteroatoms. The second kappa shape index (κ2) is 6.02. The Morgan fingerprint density at radius 3 is 2.91 bits per heavy atom. The minimum absolute atomic E-state index is 0.246. The normalized spacial score (nSPS) is 19.0. The predicted molar refractivity (Wildman–Crippen MR) is 93.9 cm³/mol. The van der Waals surface area contributed by atoms with Gasteiger partial charge in [0.1, 0.15) is 0 Å². The molecular weight excluding hydrogens is 330 g/mol. The standard InChI is InChI=1S/C17H20ClN3OS/c1-10(11-2-3-11)21(13-5-6-13)16(22)9-23-17-19-14-7-4-12(18)8-15(14)20-17/h4,7-8,10-11,13H,2-3,5-6,9H2,1H3,(H,19,20). The number of halogens is 1. The summed E-state index contributed by atoms with van der Waals surface area (Å²) in [5, 5.41) is 1.47. The molecule has 2 aromatic rings. The topological polar surface area (TPSA) is 49.0 Å². The van der Waals surface area contributed by atoms with E-state index in [0.29, 0.717) is 22.9 Å². The van der Waals surface area contributed by atoms with Gasteiger partial charge in [-0.25, -0.2) is 4.98 Å². The highest BCUT2D eigenvalue weighted by Crippen LogP contribution is 2.40. The van der Waals surface area contributed by atoms with Crippen LogP contribution in [0.3, 0.4) is 0 Å². The molecule has 1 aromatic carbocycles. The van der Waals surface area contributed by atoms with Crippen molar-refractivity contribution in [1.29, 1.82) is 0 Å². The summed E-state index contributed by atoms with van der Waals surface area (Å²) in [5.41, 5.74) is 1.80. The van der Waals surface area contributed by atoms with Gasteiger partial charge in [0, 0.05) is 17.1 Å². The van der Waals surface area contributed by atoms with Gasteiger partial charge >= 0.3 is 0 Å². The van der Waals surface area contributed by atoms with E-state index in [9.17, 15) is 4.79 Å². The zero-order valence-electron chi connectivity index (χ0n) is 13.1. The molecule has 1 N–H and O–H groups in total. The van der Waals surface area contributed by atoms with Crippen molar-refractivity contribution < 1.29 is 4.79 Å². The monoisotopic (exact) mass is 349 g/mol. The maximum Gasteiger partial charge on any atom is 0.233 e. The van der Waals surface area contributed by atoms with E-state index in [-0.39, 0.29) is 5.91 Å². The van der Waals surface area contributed by atoms with Crippen LogP contribution in [0, 0.1) is 5.92 Å². The van der Waals surface area contributed by atoms with E-state index in [4.69, 9.17) is 11.6 Å². The number of rotatable bonds is 6. The van der Waals surface area contributed by atoms with Crippen LogP contribution in [0.25, 0.3) is 11.0 Å². The van der Waals surface area contributed by atoms with Gasteiger partial charge in [-0.2, -0.15) is 0 Å². The average Bonchev–Trinajstić information content (AvgIpc) is 3.42. The number of imidazole rings is 1. The summed E-state index contributed by atoms with van der Waals surface area (Å²) in [5.74, 6) is 1.41. The Balaban J connectivity index is 1.42. The molecule has 0 saturated heterocycles. The van der Waals surface area contributed by atoms with Crippen LogP contribution in [0.5, 0.6) is 0 Å². The van der Waals surface area contributed by atoms with Gasteiger partial charge in [-0.1, -0.05) is 23.4 Å². The lowest BCUT2D eigenvalue weighted by Gasteiger charge is -2.29. The Morgan fingerprint density at radius 1 is 1.43 bits per heavy atom. The SMILES string of the molecule is CC(C1CC1)N(C(=O)CSc1nc2ccc(Cl)cc2[nH]1)C1CC1. The molecule has 2 aliphatic carbocycles. The lowest BCUT2D eigenvalue weighted by Crippen LogP contribution is -2.42. The fraction of sp³-hybridized carbons (Fsp3) is 0.529. The van der Waals surface area contributed by atoms with Gasteiger partial charge in [0.2, 0.25) is 5.91 Å². The minimum Gasteiger partial charge on any atom is -0.336 e. The van der Waals surface area contributed by atoms with Gasteiger partial charge in [0.15, 0.2) is 5.16 Å². The number of carbonyl (C=O) groups is 1. The van der Waals surface area contributed by atoms with Crippen molar-refractivity contribution in [2.75, 3.05) is 5.75 Å². The van der Waals surface area contributed by atoms with Crippen LogP contribution in [0.2, 0.25) is 5.02 Å². The van der Waals surface area contributed by atoms with Crippen molar-refractivity contribution in [2.45, 2.75) is 49.8 Å². The number of benzene rings is 1. The molecule has 1 atom stereocenters. The number of nitrogens with zero attached hydrogens (tertiary/aromatic N) is 2. The summed E-state index contributed by atoms with van der Waals surface area (Å²) < 4.78 is 0. The highest BCUT2D eigenvalue weighted by atomic mass is 35.5. The molecule has 4 nitrogen and oxygen atoms in total. The van der Waals surface area contributed by atoms with Gasteiger partial charge in [-0.3, -0.25) is 4.79 Å². The third-order valence-electron chi connectivity index (χ3n) is 4.73. The molecule has 0 radical (unpaired) electrons. The summed E-state index contributed by atoms with van der Waals surface area (Å²) in [6, 6.07) is 6.46. The second-order valence-electron chi connectivity index (χ2n) is 6.60. The van der Waals surface area contributed by atoms with Gasteiger partial charge in [-0.15, -0.1) is 0 Å². The number of thioether (sulfide) groups is 1. The molecule has 1 unspecified atom stereocenters. The number of aromatic amines is 1. The summed E-state index contributed by atoms with van der Waals surface area (Å²) >= 11 is 7.48. The van der Waals surface area contributed by atoms with E-state index in [1.807, 2.05) is 18.2 Å². The first-order chi connectivity index (χ1) is 11.1. The fourth-order valence-corrected chi connectivity index (χ4v) is 4.08. The molecule has 1 aromatic heterocycles.